The van der Waals surface area contributed by atoms with E-state index in [4.69, 9.17) is 4.42 Å². The highest BCUT2D eigenvalue weighted by Crippen LogP contribution is 2.20. The summed E-state index contributed by atoms with van der Waals surface area (Å²) in [6.07, 6.45) is 3.44. The molecule has 1 atom stereocenters. The van der Waals surface area contributed by atoms with Crippen LogP contribution in [0.4, 0.5) is 0 Å². The number of aromatic nitrogens is 3. The molecule has 0 radical (unpaired) electrons. The molecule has 0 bridgehead atoms. The van der Waals surface area contributed by atoms with Crippen molar-refractivity contribution in [3.63, 3.8) is 0 Å². The van der Waals surface area contributed by atoms with E-state index in [1.807, 2.05) is 20.9 Å². The zero-order valence-electron chi connectivity index (χ0n) is 12.8. The summed E-state index contributed by atoms with van der Waals surface area (Å²) >= 11 is 0. The summed E-state index contributed by atoms with van der Waals surface area (Å²) < 4.78 is 7.21. The number of amides is 1. The molecular formula is C14H21N5O2. The molecule has 2 N–H and O–H groups in total. The van der Waals surface area contributed by atoms with Crippen LogP contribution >= 0.6 is 0 Å². The molecule has 0 spiro atoms. The summed E-state index contributed by atoms with van der Waals surface area (Å²) in [4.78, 5) is 16.4. The molecule has 7 nitrogen and oxygen atoms in total. The van der Waals surface area contributed by atoms with Crippen LogP contribution in [0.15, 0.2) is 16.8 Å². The Hall–Kier alpha value is -2.15. The molecule has 0 saturated carbocycles. The first-order chi connectivity index (χ1) is 10.0. The molecular weight excluding hydrogens is 270 g/mol. The topological polar surface area (TPSA) is 85.0 Å². The van der Waals surface area contributed by atoms with E-state index < -0.39 is 0 Å². The summed E-state index contributed by atoms with van der Waals surface area (Å²) in [5.74, 6) is 0.684. The van der Waals surface area contributed by atoms with E-state index in [-0.39, 0.29) is 11.9 Å². The van der Waals surface area contributed by atoms with E-state index >= 15 is 0 Å². The Morgan fingerprint density at radius 1 is 1.52 bits per heavy atom. The van der Waals surface area contributed by atoms with Gasteiger partial charge in [-0.1, -0.05) is 6.92 Å². The first-order valence-corrected chi connectivity index (χ1v) is 6.99. The van der Waals surface area contributed by atoms with Gasteiger partial charge in [0, 0.05) is 25.8 Å². The van der Waals surface area contributed by atoms with Crippen molar-refractivity contribution in [2.75, 3.05) is 13.1 Å². The standard InChI is InChI=1S/C14H21N5O2/c1-5-15-9(2)6-16-13(20)12-10(3)21-14(18-12)11-7-17-19(4)8-11/h7-9,15H,5-6H2,1-4H3,(H,16,20)/t9-/m1/s1. The van der Waals surface area contributed by atoms with Gasteiger partial charge in [-0.3, -0.25) is 9.48 Å². The molecule has 0 aliphatic heterocycles. The Morgan fingerprint density at radius 3 is 2.90 bits per heavy atom. The molecule has 0 unspecified atom stereocenters. The number of carbonyl (C=O) groups excluding carboxylic acids is 1. The molecule has 2 heterocycles. The molecule has 0 aromatic carbocycles. The van der Waals surface area contributed by atoms with E-state index in [0.717, 1.165) is 12.1 Å². The van der Waals surface area contributed by atoms with Crippen LogP contribution in [0, 0.1) is 6.92 Å². The number of rotatable bonds is 6. The maximum Gasteiger partial charge on any atom is 0.273 e. The van der Waals surface area contributed by atoms with Gasteiger partial charge in [-0.15, -0.1) is 0 Å². The maximum atomic E-state index is 12.1. The van der Waals surface area contributed by atoms with Crippen LogP contribution in [-0.4, -0.2) is 39.8 Å². The van der Waals surface area contributed by atoms with Gasteiger partial charge in [0.2, 0.25) is 5.89 Å². The lowest BCUT2D eigenvalue weighted by Crippen LogP contribution is -2.39. The van der Waals surface area contributed by atoms with Crippen molar-refractivity contribution >= 4 is 5.91 Å². The second-order valence-electron chi connectivity index (χ2n) is 5.00. The summed E-state index contributed by atoms with van der Waals surface area (Å²) in [6, 6.07) is 0.212. The minimum Gasteiger partial charge on any atom is -0.440 e. The van der Waals surface area contributed by atoms with Crippen molar-refractivity contribution in [1.29, 1.82) is 0 Å². The second-order valence-corrected chi connectivity index (χ2v) is 5.00. The van der Waals surface area contributed by atoms with Crippen LogP contribution in [0.1, 0.15) is 30.1 Å². The van der Waals surface area contributed by atoms with Crippen molar-refractivity contribution in [2.45, 2.75) is 26.8 Å². The smallest absolute Gasteiger partial charge is 0.273 e. The Morgan fingerprint density at radius 2 is 2.29 bits per heavy atom. The fourth-order valence-corrected chi connectivity index (χ4v) is 2.01. The van der Waals surface area contributed by atoms with Crippen molar-refractivity contribution in [3.8, 4) is 11.5 Å². The second kappa shape index (κ2) is 6.53. The van der Waals surface area contributed by atoms with Gasteiger partial charge in [-0.05, 0) is 20.4 Å². The van der Waals surface area contributed by atoms with E-state index in [9.17, 15) is 4.79 Å². The van der Waals surface area contributed by atoms with E-state index in [1.54, 1.807) is 24.0 Å². The third kappa shape index (κ3) is 3.69. The number of likely N-dealkylation sites (N-methyl/N-ethyl adjacent to an activating group) is 1. The molecule has 2 aromatic heterocycles. The lowest BCUT2D eigenvalue weighted by atomic mass is 10.3. The Kier molecular flexibility index (Phi) is 4.74. The number of nitrogens with zero attached hydrogens (tertiary/aromatic N) is 3. The number of carbonyl (C=O) groups is 1. The predicted octanol–water partition coefficient (Wildman–Crippen LogP) is 1.11. The van der Waals surface area contributed by atoms with E-state index in [2.05, 4.69) is 20.7 Å². The van der Waals surface area contributed by atoms with E-state index in [1.165, 1.54) is 0 Å². The zero-order chi connectivity index (χ0) is 15.4. The Bertz CT molecular complexity index is 617. The normalized spacial score (nSPS) is 12.4. The van der Waals surface area contributed by atoms with Crippen molar-refractivity contribution in [2.24, 2.45) is 7.05 Å². The number of nitrogens with one attached hydrogen (secondary N) is 2. The first-order valence-electron chi connectivity index (χ1n) is 6.99. The van der Waals surface area contributed by atoms with Crippen LogP contribution in [0.5, 0.6) is 0 Å². The van der Waals surface area contributed by atoms with Gasteiger partial charge in [0.1, 0.15) is 5.76 Å². The highest BCUT2D eigenvalue weighted by Gasteiger charge is 2.19. The minimum atomic E-state index is -0.226. The molecule has 0 saturated heterocycles. The fourth-order valence-electron chi connectivity index (χ4n) is 2.01. The van der Waals surface area contributed by atoms with Crippen LogP contribution in [-0.2, 0) is 7.05 Å². The zero-order valence-corrected chi connectivity index (χ0v) is 12.8. The largest absolute Gasteiger partial charge is 0.440 e. The van der Waals surface area contributed by atoms with Gasteiger partial charge in [0.05, 0.1) is 11.8 Å². The number of hydrogen-bond donors (Lipinski definition) is 2. The quantitative estimate of drug-likeness (QED) is 0.833. The summed E-state index contributed by atoms with van der Waals surface area (Å²) in [5, 5.41) is 10.1. The summed E-state index contributed by atoms with van der Waals surface area (Å²) in [7, 11) is 1.81. The number of hydrogen-bond acceptors (Lipinski definition) is 5. The highest BCUT2D eigenvalue weighted by molar-refractivity contribution is 5.93. The molecule has 114 valence electrons. The molecule has 0 fully saturated rings. The summed E-state index contributed by atoms with van der Waals surface area (Å²) in [6.45, 7) is 7.18. The lowest BCUT2D eigenvalue weighted by molar-refractivity contribution is 0.0944. The fraction of sp³-hybridized carbons (Fsp3) is 0.500. The average molecular weight is 291 g/mol. The summed E-state index contributed by atoms with van der Waals surface area (Å²) in [5.41, 5.74) is 1.07. The maximum absolute atomic E-state index is 12.1. The predicted molar refractivity (Wildman–Crippen MR) is 78.9 cm³/mol. The van der Waals surface area contributed by atoms with Crippen molar-refractivity contribution in [1.82, 2.24) is 25.4 Å². The Labute approximate surface area is 123 Å². The van der Waals surface area contributed by atoms with Crippen LogP contribution in [0.25, 0.3) is 11.5 Å². The number of aryl methyl sites for hydroxylation is 2. The highest BCUT2D eigenvalue weighted by atomic mass is 16.4. The molecule has 0 aliphatic rings. The number of oxazole rings is 1. The molecule has 7 heteroatoms. The SMILES string of the molecule is CCN[C@H](C)CNC(=O)c1nc(-c2cnn(C)c2)oc1C. The van der Waals surface area contributed by atoms with Crippen molar-refractivity contribution in [3.05, 3.63) is 23.8 Å². The first kappa shape index (κ1) is 15.2. The Balaban J connectivity index is 2.06. The van der Waals surface area contributed by atoms with Crippen molar-refractivity contribution < 1.29 is 9.21 Å². The van der Waals surface area contributed by atoms with Gasteiger partial charge in [0.15, 0.2) is 5.69 Å². The molecule has 1 amide bonds. The molecule has 21 heavy (non-hydrogen) atoms. The molecule has 0 aliphatic carbocycles. The van der Waals surface area contributed by atoms with Gasteiger partial charge in [-0.2, -0.15) is 5.10 Å². The molecule has 2 rings (SSSR count). The monoisotopic (exact) mass is 291 g/mol. The van der Waals surface area contributed by atoms with Gasteiger partial charge < -0.3 is 15.1 Å². The third-order valence-corrected chi connectivity index (χ3v) is 3.08. The molecule has 2 aromatic rings. The average Bonchev–Trinajstić information content (AvgIpc) is 3.02. The van der Waals surface area contributed by atoms with Gasteiger partial charge >= 0.3 is 0 Å². The van der Waals surface area contributed by atoms with Gasteiger partial charge in [0.25, 0.3) is 5.91 Å². The van der Waals surface area contributed by atoms with Crippen LogP contribution in [0.2, 0.25) is 0 Å². The van der Waals surface area contributed by atoms with Crippen LogP contribution < -0.4 is 10.6 Å². The minimum absolute atomic E-state index is 0.212. The lowest BCUT2D eigenvalue weighted by Gasteiger charge is -2.12. The van der Waals surface area contributed by atoms with Crippen LogP contribution in [0.3, 0.4) is 0 Å². The third-order valence-electron chi connectivity index (χ3n) is 3.08. The van der Waals surface area contributed by atoms with Gasteiger partial charge in [-0.25, -0.2) is 4.98 Å². The van der Waals surface area contributed by atoms with E-state index in [0.29, 0.717) is 23.9 Å².